The van der Waals surface area contributed by atoms with Gasteiger partial charge in [0.15, 0.2) is 0 Å². The number of benzene rings is 1. The Bertz CT molecular complexity index is 744. The zero-order chi connectivity index (χ0) is 16.0. The number of amides is 1. The highest BCUT2D eigenvalue weighted by molar-refractivity contribution is 6.05. The molecule has 0 radical (unpaired) electrons. The monoisotopic (exact) mass is 310 g/mol. The van der Waals surface area contributed by atoms with Gasteiger partial charge in [-0.2, -0.15) is 0 Å². The molecule has 2 saturated heterocycles. The Morgan fingerprint density at radius 3 is 2.61 bits per heavy atom. The molecule has 23 heavy (non-hydrogen) atoms. The Kier molecular flexibility index (Phi) is 3.57. The van der Waals surface area contributed by atoms with Crippen molar-refractivity contribution in [2.75, 3.05) is 7.11 Å². The standard InChI is InChI=1S/C19H22N2O2/c1-12-6-7-13-4-3-5-17(18(13)20-12)19(22)21-14-8-9-15(21)11-16(10-14)23-2/h3-7,14-16H,8-11H2,1-2H3. The van der Waals surface area contributed by atoms with Crippen LogP contribution >= 0.6 is 0 Å². The lowest BCUT2D eigenvalue weighted by molar-refractivity contribution is 0.00831. The van der Waals surface area contributed by atoms with Gasteiger partial charge >= 0.3 is 0 Å². The van der Waals surface area contributed by atoms with Crippen molar-refractivity contribution in [1.29, 1.82) is 0 Å². The number of methoxy groups -OCH3 is 1. The van der Waals surface area contributed by atoms with Crippen molar-refractivity contribution in [1.82, 2.24) is 9.88 Å². The molecule has 4 heteroatoms. The van der Waals surface area contributed by atoms with Gasteiger partial charge in [0.05, 0.1) is 17.2 Å². The van der Waals surface area contributed by atoms with E-state index in [1.165, 1.54) is 0 Å². The van der Waals surface area contributed by atoms with E-state index in [1.807, 2.05) is 37.3 Å². The van der Waals surface area contributed by atoms with E-state index in [9.17, 15) is 4.79 Å². The smallest absolute Gasteiger partial charge is 0.256 e. The van der Waals surface area contributed by atoms with Crippen LogP contribution in [0.15, 0.2) is 30.3 Å². The third-order valence-corrected chi connectivity index (χ3v) is 5.35. The van der Waals surface area contributed by atoms with E-state index in [-0.39, 0.29) is 5.91 Å². The third-order valence-electron chi connectivity index (χ3n) is 5.35. The second-order valence-electron chi connectivity index (χ2n) is 6.76. The molecule has 1 aromatic heterocycles. The summed E-state index contributed by atoms with van der Waals surface area (Å²) in [5.74, 6) is 0.135. The van der Waals surface area contributed by atoms with Crippen LogP contribution in [0, 0.1) is 6.92 Å². The highest BCUT2D eigenvalue weighted by Crippen LogP contribution is 2.38. The Morgan fingerprint density at radius 1 is 1.17 bits per heavy atom. The molecule has 2 fully saturated rings. The second-order valence-corrected chi connectivity index (χ2v) is 6.76. The number of pyridine rings is 1. The first-order valence-electron chi connectivity index (χ1n) is 8.39. The van der Waals surface area contributed by atoms with E-state index in [2.05, 4.69) is 9.88 Å². The number of hydrogen-bond donors (Lipinski definition) is 0. The molecule has 0 aliphatic carbocycles. The minimum atomic E-state index is 0.135. The summed E-state index contributed by atoms with van der Waals surface area (Å²) in [6, 6.07) is 10.5. The molecule has 1 aromatic carbocycles. The Hall–Kier alpha value is -1.94. The zero-order valence-electron chi connectivity index (χ0n) is 13.7. The molecule has 3 heterocycles. The van der Waals surface area contributed by atoms with Crippen LogP contribution < -0.4 is 0 Å². The van der Waals surface area contributed by atoms with Gasteiger partial charge in [0.2, 0.25) is 0 Å². The van der Waals surface area contributed by atoms with Crippen LogP contribution in [-0.4, -0.2) is 41.1 Å². The van der Waals surface area contributed by atoms with Crippen LogP contribution in [0.4, 0.5) is 0 Å². The summed E-state index contributed by atoms with van der Waals surface area (Å²) in [5.41, 5.74) is 2.50. The van der Waals surface area contributed by atoms with E-state index < -0.39 is 0 Å². The number of fused-ring (bicyclic) bond motifs is 3. The summed E-state index contributed by atoms with van der Waals surface area (Å²) in [7, 11) is 1.78. The van der Waals surface area contributed by atoms with Crippen molar-refractivity contribution < 1.29 is 9.53 Å². The van der Waals surface area contributed by atoms with E-state index in [1.54, 1.807) is 7.11 Å². The molecule has 4 rings (SSSR count). The molecular weight excluding hydrogens is 288 g/mol. The minimum Gasteiger partial charge on any atom is -0.381 e. The van der Waals surface area contributed by atoms with Gasteiger partial charge < -0.3 is 9.64 Å². The normalized spacial score (nSPS) is 26.7. The molecule has 1 amide bonds. The molecule has 4 nitrogen and oxygen atoms in total. The SMILES string of the molecule is COC1CC2CCC(C1)N2C(=O)c1cccc2ccc(C)nc12. The van der Waals surface area contributed by atoms with Crippen LogP contribution in [0.3, 0.4) is 0 Å². The van der Waals surface area contributed by atoms with Gasteiger partial charge in [-0.1, -0.05) is 18.2 Å². The Balaban J connectivity index is 1.72. The molecule has 0 saturated carbocycles. The number of aromatic nitrogens is 1. The number of ether oxygens (including phenoxy) is 1. The van der Waals surface area contributed by atoms with Crippen molar-refractivity contribution in [3.8, 4) is 0 Å². The Morgan fingerprint density at radius 2 is 1.91 bits per heavy atom. The molecular formula is C19H22N2O2. The first-order chi connectivity index (χ1) is 11.2. The lowest BCUT2D eigenvalue weighted by Crippen LogP contribution is -2.48. The average molecular weight is 310 g/mol. The first kappa shape index (κ1) is 14.6. The molecule has 2 aliphatic rings. The van der Waals surface area contributed by atoms with Crippen LogP contribution in [0.1, 0.15) is 41.7 Å². The number of carbonyl (C=O) groups is 1. The number of para-hydroxylation sites is 1. The van der Waals surface area contributed by atoms with Crippen molar-refractivity contribution >= 4 is 16.8 Å². The van der Waals surface area contributed by atoms with E-state index in [0.29, 0.717) is 18.2 Å². The number of nitrogens with zero attached hydrogens (tertiary/aromatic N) is 2. The Labute approximate surface area is 136 Å². The molecule has 0 spiro atoms. The summed E-state index contributed by atoms with van der Waals surface area (Å²) < 4.78 is 5.54. The molecule has 2 bridgehead atoms. The van der Waals surface area contributed by atoms with Crippen molar-refractivity contribution in [3.05, 3.63) is 41.6 Å². The van der Waals surface area contributed by atoms with Gasteiger partial charge in [0.25, 0.3) is 5.91 Å². The van der Waals surface area contributed by atoms with Gasteiger partial charge in [-0.05, 0) is 44.7 Å². The summed E-state index contributed by atoms with van der Waals surface area (Å²) in [4.78, 5) is 20.0. The maximum absolute atomic E-state index is 13.2. The summed E-state index contributed by atoms with van der Waals surface area (Å²) in [6.07, 6.45) is 4.39. The van der Waals surface area contributed by atoms with E-state index in [0.717, 1.165) is 47.8 Å². The van der Waals surface area contributed by atoms with Crippen LogP contribution in [0.5, 0.6) is 0 Å². The topological polar surface area (TPSA) is 42.4 Å². The fourth-order valence-electron chi connectivity index (χ4n) is 4.21. The highest BCUT2D eigenvalue weighted by Gasteiger charge is 2.43. The predicted octanol–water partition coefficient (Wildman–Crippen LogP) is 3.33. The van der Waals surface area contributed by atoms with Crippen LogP contribution in [0.2, 0.25) is 0 Å². The van der Waals surface area contributed by atoms with Crippen molar-refractivity contribution in [3.63, 3.8) is 0 Å². The van der Waals surface area contributed by atoms with Gasteiger partial charge in [-0.3, -0.25) is 9.78 Å². The lowest BCUT2D eigenvalue weighted by atomic mass is 9.98. The molecule has 2 aliphatic heterocycles. The van der Waals surface area contributed by atoms with Gasteiger partial charge in [-0.15, -0.1) is 0 Å². The number of piperidine rings is 1. The lowest BCUT2D eigenvalue weighted by Gasteiger charge is -2.38. The summed E-state index contributed by atoms with van der Waals surface area (Å²) >= 11 is 0. The molecule has 0 N–H and O–H groups in total. The van der Waals surface area contributed by atoms with Gasteiger partial charge in [0, 0.05) is 30.3 Å². The number of aryl methyl sites for hydroxylation is 1. The number of carbonyl (C=O) groups excluding carboxylic acids is 1. The molecule has 2 aromatic rings. The summed E-state index contributed by atoms with van der Waals surface area (Å²) in [6.45, 7) is 1.97. The van der Waals surface area contributed by atoms with E-state index >= 15 is 0 Å². The van der Waals surface area contributed by atoms with Gasteiger partial charge in [0.1, 0.15) is 0 Å². The maximum atomic E-state index is 13.2. The van der Waals surface area contributed by atoms with Crippen LogP contribution in [-0.2, 0) is 4.74 Å². The van der Waals surface area contributed by atoms with Crippen molar-refractivity contribution in [2.45, 2.75) is 50.8 Å². The number of hydrogen-bond acceptors (Lipinski definition) is 3. The predicted molar refractivity (Wildman–Crippen MR) is 89.5 cm³/mol. The largest absolute Gasteiger partial charge is 0.381 e. The quantitative estimate of drug-likeness (QED) is 0.854. The summed E-state index contributed by atoms with van der Waals surface area (Å²) in [5, 5.41) is 1.03. The van der Waals surface area contributed by atoms with E-state index in [4.69, 9.17) is 4.74 Å². The fraction of sp³-hybridized carbons (Fsp3) is 0.474. The zero-order valence-corrected chi connectivity index (χ0v) is 13.7. The fourth-order valence-corrected chi connectivity index (χ4v) is 4.21. The minimum absolute atomic E-state index is 0.135. The van der Waals surface area contributed by atoms with Crippen molar-refractivity contribution in [2.24, 2.45) is 0 Å². The second kappa shape index (κ2) is 5.60. The number of rotatable bonds is 2. The highest BCUT2D eigenvalue weighted by atomic mass is 16.5. The van der Waals surface area contributed by atoms with Gasteiger partial charge in [-0.25, -0.2) is 0 Å². The first-order valence-corrected chi connectivity index (χ1v) is 8.39. The molecule has 120 valence electrons. The van der Waals surface area contributed by atoms with Crippen LogP contribution in [0.25, 0.3) is 10.9 Å². The molecule has 2 atom stereocenters. The average Bonchev–Trinajstić information content (AvgIpc) is 2.83. The molecule has 2 unspecified atom stereocenters. The third kappa shape index (κ3) is 2.41. The maximum Gasteiger partial charge on any atom is 0.256 e.